The molecule has 2 rings (SSSR count). The lowest BCUT2D eigenvalue weighted by atomic mass is 10.1. The number of nitrogens with zero attached hydrogens (tertiary/aromatic N) is 1. The number of anilines is 2. The molecule has 7 nitrogen and oxygen atoms in total. The smallest absolute Gasteiger partial charge is 0.238 e. The van der Waals surface area contributed by atoms with Crippen LogP contribution < -0.4 is 16.2 Å². The van der Waals surface area contributed by atoms with Crippen molar-refractivity contribution >= 4 is 21.4 Å². The minimum atomic E-state index is -3.79. The predicted octanol–water partition coefficient (Wildman–Crippen LogP) is 0.560. The number of nitrogens with two attached hydrogens (primary N) is 2. The van der Waals surface area contributed by atoms with E-state index in [0.29, 0.717) is 23.5 Å². The number of H-pyrrole nitrogens is 1. The van der Waals surface area contributed by atoms with Crippen LogP contribution in [0.25, 0.3) is 0 Å². The van der Waals surface area contributed by atoms with E-state index in [9.17, 15) is 8.42 Å². The second-order valence-corrected chi connectivity index (χ2v) is 5.73. The SMILES string of the molecule is Cc1c(NCc2cn[nH]c2)cc(N)cc1S(N)(=O)=O. The van der Waals surface area contributed by atoms with Crippen LogP contribution in [0, 0.1) is 6.92 Å². The van der Waals surface area contributed by atoms with Crippen molar-refractivity contribution in [2.24, 2.45) is 5.14 Å². The number of benzene rings is 1. The summed E-state index contributed by atoms with van der Waals surface area (Å²) in [4.78, 5) is 0.0298. The molecule has 19 heavy (non-hydrogen) atoms. The number of nitrogen functional groups attached to an aromatic ring is 1. The van der Waals surface area contributed by atoms with Crippen LogP contribution in [0.1, 0.15) is 11.1 Å². The number of nitrogens with one attached hydrogen (secondary N) is 2. The molecule has 0 spiro atoms. The van der Waals surface area contributed by atoms with Crippen LogP contribution >= 0.6 is 0 Å². The van der Waals surface area contributed by atoms with Crippen molar-refractivity contribution in [2.45, 2.75) is 18.4 Å². The Morgan fingerprint density at radius 2 is 2.16 bits per heavy atom. The second kappa shape index (κ2) is 4.90. The van der Waals surface area contributed by atoms with E-state index in [2.05, 4.69) is 15.5 Å². The lowest BCUT2D eigenvalue weighted by Gasteiger charge is -2.13. The standard InChI is InChI=1S/C11H15N5O2S/c1-7-10(14-4-8-5-15-16-6-8)2-9(12)3-11(7)19(13,17)18/h2-3,5-6,14H,4,12H2,1H3,(H,15,16)(H2,13,17,18). The van der Waals surface area contributed by atoms with Gasteiger partial charge in [-0.25, -0.2) is 13.6 Å². The molecule has 0 radical (unpaired) electrons. The Morgan fingerprint density at radius 1 is 1.42 bits per heavy atom. The number of sulfonamides is 1. The number of aromatic nitrogens is 2. The molecule has 0 fully saturated rings. The lowest BCUT2D eigenvalue weighted by Crippen LogP contribution is -2.15. The Hall–Kier alpha value is -2.06. The largest absolute Gasteiger partial charge is 0.399 e. The number of rotatable bonds is 4. The van der Waals surface area contributed by atoms with E-state index in [4.69, 9.17) is 10.9 Å². The van der Waals surface area contributed by atoms with Crippen molar-refractivity contribution in [2.75, 3.05) is 11.1 Å². The Balaban J connectivity index is 2.33. The first kappa shape index (κ1) is 13.4. The lowest BCUT2D eigenvalue weighted by molar-refractivity contribution is 0.597. The monoisotopic (exact) mass is 281 g/mol. The number of aromatic amines is 1. The van der Waals surface area contributed by atoms with Gasteiger partial charge in [-0.2, -0.15) is 5.10 Å². The molecule has 6 N–H and O–H groups in total. The molecule has 102 valence electrons. The Kier molecular flexibility index (Phi) is 3.45. The minimum absolute atomic E-state index is 0.0298. The van der Waals surface area contributed by atoms with E-state index in [1.807, 2.05) is 0 Å². The summed E-state index contributed by atoms with van der Waals surface area (Å²) in [5.41, 5.74) is 8.15. The summed E-state index contributed by atoms with van der Waals surface area (Å²) in [6.07, 6.45) is 3.42. The molecule has 0 bridgehead atoms. The molecule has 0 aliphatic rings. The van der Waals surface area contributed by atoms with Gasteiger partial charge in [0.1, 0.15) is 0 Å². The van der Waals surface area contributed by atoms with Crippen LogP contribution in [0.5, 0.6) is 0 Å². The molecule has 1 aromatic heterocycles. The molecule has 0 amide bonds. The van der Waals surface area contributed by atoms with Gasteiger partial charge in [0, 0.05) is 29.7 Å². The maximum Gasteiger partial charge on any atom is 0.238 e. The average molecular weight is 281 g/mol. The fourth-order valence-corrected chi connectivity index (χ4v) is 2.60. The van der Waals surface area contributed by atoms with Crippen molar-refractivity contribution in [3.63, 3.8) is 0 Å². The summed E-state index contributed by atoms with van der Waals surface area (Å²) in [5.74, 6) is 0. The highest BCUT2D eigenvalue weighted by molar-refractivity contribution is 7.89. The Bertz CT molecular complexity index is 679. The first-order valence-electron chi connectivity index (χ1n) is 5.52. The maximum absolute atomic E-state index is 11.5. The van der Waals surface area contributed by atoms with Crippen molar-refractivity contribution in [3.05, 3.63) is 35.7 Å². The first-order valence-corrected chi connectivity index (χ1v) is 7.07. The van der Waals surface area contributed by atoms with E-state index in [0.717, 1.165) is 5.56 Å². The first-order chi connectivity index (χ1) is 8.88. The number of primary sulfonamides is 1. The van der Waals surface area contributed by atoms with Crippen molar-refractivity contribution in [3.8, 4) is 0 Å². The van der Waals surface area contributed by atoms with E-state index >= 15 is 0 Å². The molecule has 2 aromatic rings. The van der Waals surface area contributed by atoms with Gasteiger partial charge in [-0.3, -0.25) is 5.10 Å². The van der Waals surface area contributed by atoms with Gasteiger partial charge in [-0.05, 0) is 24.6 Å². The highest BCUT2D eigenvalue weighted by Crippen LogP contribution is 2.26. The van der Waals surface area contributed by atoms with Crippen molar-refractivity contribution in [1.29, 1.82) is 0 Å². The average Bonchev–Trinajstić information content (AvgIpc) is 2.81. The highest BCUT2D eigenvalue weighted by atomic mass is 32.2. The van der Waals surface area contributed by atoms with Crippen LogP contribution in [0.3, 0.4) is 0 Å². The zero-order chi connectivity index (χ0) is 14.0. The van der Waals surface area contributed by atoms with Gasteiger partial charge < -0.3 is 11.1 Å². The van der Waals surface area contributed by atoms with Crippen molar-refractivity contribution in [1.82, 2.24) is 10.2 Å². The van der Waals surface area contributed by atoms with Crippen molar-refractivity contribution < 1.29 is 8.42 Å². The zero-order valence-electron chi connectivity index (χ0n) is 10.3. The van der Waals surface area contributed by atoms with Gasteiger partial charge in [0.2, 0.25) is 10.0 Å². The summed E-state index contributed by atoms with van der Waals surface area (Å²) >= 11 is 0. The predicted molar refractivity (Wildman–Crippen MR) is 72.9 cm³/mol. The van der Waals surface area contributed by atoms with Crippen LogP contribution in [0.2, 0.25) is 0 Å². The van der Waals surface area contributed by atoms with Gasteiger partial charge >= 0.3 is 0 Å². The second-order valence-electron chi connectivity index (χ2n) is 4.20. The summed E-state index contributed by atoms with van der Waals surface area (Å²) in [6, 6.07) is 3.03. The molecular formula is C11H15N5O2S. The summed E-state index contributed by atoms with van der Waals surface area (Å²) in [5, 5.41) is 14.8. The van der Waals surface area contributed by atoms with Crippen LogP contribution in [0.4, 0.5) is 11.4 Å². The molecule has 0 saturated carbocycles. The summed E-state index contributed by atoms with van der Waals surface area (Å²) < 4.78 is 22.9. The van der Waals surface area contributed by atoms with Gasteiger partial charge in [0.15, 0.2) is 0 Å². The van der Waals surface area contributed by atoms with Crippen LogP contribution in [-0.4, -0.2) is 18.6 Å². The fourth-order valence-electron chi connectivity index (χ4n) is 1.76. The molecule has 0 atom stereocenters. The van der Waals surface area contributed by atoms with E-state index in [-0.39, 0.29) is 4.90 Å². The van der Waals surface area contributed by atoms with E-state index in [1.54, 1.807) is 25.4 Å². The third-order valence-electron chi connectivity index (χ3n) is 2.73. The summed E-state index contributed by atoms with van der Waals surface area (Å²) in [6.45, 7) is 2.18. The molecule has 1 aromatic carbocycles. The fraction of sp³-hybridized carbons (Fsp3) is 0.182. The molecule has 0 aliphatic heterocycles. The topological polar surface area (TPSA) is 127 Å². The molecule has 0 saturated heterocycles. The van der Waals surface area contributed by atoms with Gasteiger partial charge in [0.25, 0.3) is 0 Å². The van der Waals surface area contributed by atoms with E-state index in [1.165, 1.54) is 6.07 Å². The van der Waals surface area contributed by atoms with Gasteiger partial charge in [0.05, 0.1) is 11.1 Å². The Morgan fingerprint density at radius 3 is 2.74 bits per heavy atom. The molecular weight excluding hydrogens is 266 g/mol. The minimum Gasteiger partial charge on any atom is -0.399 e. The molecule has 8 heteroatoms. The Labute approximate surface area is 111 Å². The normalized spacial score (nSPS) is 11.5. The third-order valence-corrected chi connectivity index (χ3v) is 3.76. The van der Waals surface area contributed by atoms with Gasteiger partial charge in [-0.1, -0.05) is 0 Å². The van der Waals surface area contributed by atoms with Crippen LogP contribution in [-0.2, 0) is 16.6 Å². The summed E-state index contributed by atoms with van der Waals surface area (Å²) in [7, 11) is -3.79. The van der Waals surface area contributed by atoms with Gasteiger partial charge in [-0.15, -0.1) is 0 Å². The van der Waals surface area contributed by atoms with E-state index < -0.39 is 10.0 Å². The maximum atomic E-state index is 11.5. The molecule has 0 aliphatic carbocycles. The highest BCUT2D eigenvalue weighted by Gasteiger charge is 2.15. The molecule has 0 unspecified atom stereocenters. The van der Waals surface area contributed by atoms with Crippen LogP contribution in [0.15, 0.2) is 29.4 Å². The quantitative estimate of drug-likeness (QED) is 0.609. The molecule has 1 heterocycles. The number of hydrogen-bond acceptors (Lipinski definition) is 5. The zero-order valence-corrected chi connectivity index (χ0v) is 11.2. The number of hydrogen-bond donors (Lipinski definition) is 4. The third kappa shape index (κ3) is 3.04.